The molecule has 0 aliphatic carbocycles. The zero-order valence-corrected chi connectivity index (χ0v) is 12.3. The molecule has 5 nitrogen and oxygen atoms in total. The van der Waals surface area contributed by atoms with Gasteiger partial charge in [-0.05, 0) is 30.3 Å². The van der Waals surface area contributed by atoms with Crippen LogP contribution in [0.2, 0.25) is 5.02 Å². The van der Waals surface area contributed by atoms with Gasteiger partial charge in [-0.3, -0.25) is 10.0 Å². The van der Waals surface area contributed by atoms with E-state index in [4.69, 9.17) is 21.5 Å². The van der Waals surface area contributed by atoms with E-state index >= 15 is 0 Å². The molecule has 0 saturated heterocycles. The van der Waals surface area contributed by atoms with Crippen LogP contribution in [0, 0.1) is 5.82 Å². The molecule has 2 N–H and O–H groups in total. The Morgan fingerprint density at radius 2 is 2.27 bits per heavy atom. The Balaban J connectivity index is 1.92. The van der Waals surface area contributed by atoms with Crippen LogP contribution >= 0.6 is 11.6 Å². The molecule has 1 amide bonds. The second-order valence-electron chi connectivity index (χ2n) is 4.36. The number of hydroxylamine groups is 1. The first-order valence-corrected chi connectivity index (χ1v) is 6.83. The minimum absolute atomic E-state index is 0.0112. The number of hydrogen-bond donors (Lipinski definition) is 2. The predicted molar refractivity (Wildman–Crippen MR) is 80.3 cm³/mol. The van der Waals surface area contributed by atoms with Crippen molar-refractivity contribution in [3.8, 4) is 5.75 Å². The third kappa shape index (κ3) is 4.34. The van der Waals surface area contributed by atoms with Crippen LogP contribution in [0.25, 0.3) is 6.08 Å². The van der Waals surface area contributed by atoms with Gasteiger partial charge in [0.15, 0.2) is 0 Å². The van der Waals surface area contributed by atoms with Crippen LogP contribution in [0.5, 0.6) is 5.75 Å². The molecule has 0 spiro atoms. The second-order valence-corrected chi connectivity index (χ2v) is 4.77. The number of rotatable bonds is 6. The van der Waals surface area contributed by atoms with Crippen LogP contribution in [-0.4, -0.2) is 22.3 Å². The smallest absolute Gasteiger partial charge is 0.267 e. The second kappa shape index (κ2) is 7.63. The van der Waals surface area contributed by atoms with Crippen molar-refractivity contribution in [2.75, 3.05) is 6.61 Å². The molecule has 0 fully saturated rings. The predicted octanol–water partition coefficient (Wildman–Crippen LogP) is 2.88. The van der Waals surface area contributed by atoms with E-state index in [1.807, 2.05) is 22.9 Å². The number of nitrogens with zero attached hydrogens (tertiary/aromatic N) is 1. The van der Waals surface area contributed by atoms with Gasteiger partial charge in [-0.25, -0.2) is 9.87 Å². The van der Waals surface area contributed by atoms with Gasteiger partial charge in [-0.1, -0.05) is 11.6 Å². The van der Waals surface area contributed by atoms with E-state index in [9.17, 15) is 9.18 Å². The van der Waals surface area contributed by atoms with E-state index in [1.54, 1.807) is 6.08 Å². The summed E-state index contributed by atoms with van der Waals surface area (Å²) in [6.07, 6.45) is 4.62. The highest BCUT2D eigenvalue weighted by Crippen LogP contribution is 2.21. The maximum atomic E-state index is 13.0. The number of aromatic nitrogens is 1. The van der Waals surface area contributed by atoms with Gasteiger partial charge in [0.2, 0.25) is 0 Å². The molecule has 2 aromatic rings. The van der Waals surface area contributed by atoms with E-state index in [-0.39, 0.29) is 5.02 Å². The highest BCUT2D eigenvalue weighted by Gasteiger charge is 2.03. The van der Waals surface area contributed by atoms with Crippen LogP contribution < -0.4 is 10.2 Å². The number of amides is 1. The minimum Gasteiger partial charge on any atom is -0.492 e. The van der Waals surface area contributed by atoms with Gasteiger partial charge in [0.25, 0.3) is 5.91 Å². The minimum atomic E-state index is -0.607. The van der Waals surface area contributed by atoms with Crippen LogP contribution in [0.15, 0.2) is 42.6 Å². The lowest BCUT2D eigenvalue weighted by atomic mass is 10.3. The lowest BCUT2D eigenvalue weighted by Gasteiger charge is -2.09. The summed E-state index contributed by atoms with van der Waals surface area (Å²) in [5, 5.41) is 8.44. The molecule has 0 aliphatic heterocycles. The number of carbonyl (C=O) groups excluding carboxylic acids is 1. The standard InChI is InChI=1S/C15H14ClFN2O3/c16-13-10-12(4-5-14(13)17)22-9-8-19-7-1-2-11(19)3-6-15(20)18-21/h1-7,10,21H,8-9H2,(H,18,20). The first-order chi connectivity index (χ1) is 10.6. The first kappa shape index (κ1) is 16.1. The molecule has 22 heavy (non-hydrogen) atoms. The van der Waals surface area contributed by atoms with Crippen molar-refractivity contribution < 1.29 is 19.1 Å². The average molecular weight is 325 g/mol. The summed E-state index contributed by atoms with van der Waals surface area (Å²) >= 11 is 5.67. The van der Waals surface area contributed by atoms with Gasteiger partial charge in [-0.2, -0.15) is 0 Å². The lowest BCUT2D eigenvalue weighted by Crippen LogP contribution is -2.15. The van der Waals surface area contributed by atoms with E-state index < -0.39 is 11.7 Å². The number of benzene rings is 1. The first-order valence-electron chi connectivity index (χ1n) is 6.45. The van der Waals surface area contributed by atoms with Crippen molar-refractivity contribution in [3.05, 3.63) is 59.1 Å². The van der Waals surface area contributed by atoms with Crippen LogP contribution in [0.4, 0.5) is 4.39 Å². The highest BCUT2D eigenvalue weighted by atomic mass is 35.5. The molecule has 0 radical (unpaired) electrons. The summed E-state index contributed by atoms with van der Waals surface area (Å²) in [5.74, 6) is -0.616. The summed E-state index contributed by atoms with van der Waals surface area (Å²) in [6.45, 7) is 0.881. The zero-order chi connectivity index (χ0) is 15.9. The number of carbonyl (C=O) groups is 1. The molecule has 0 aliphatic rings. The fourth-order valence-corrected chi connectivity index (χ4v) is 1.98. The summed E-state index contributed by atoms with van der Waals surface area (Å²) < 4.78 is 20.4. The number of hydrogen-bond acceptors (Lipinski definition) is 3. The van der Waals surface area contributed by atoms with Gasteiger partial charge >= 0.3 is 0 Å². The van der Waals surface area contributed by atoms with Crippen molar-refractivity contribution in [2.24, 2.45) is 0 Å². The molecule has 0 unspecified atom stereocenters. The van der Waals surface area contributed by atoms with Crippen molar-refractivity contribution in [1.29, 1.82) is 0 Å². The molecular formula is C15H14ClFN2O3. The van der Waals surface area contributed by atoms with Crippen LogP contribution in [-0.2, 0) is 11.3 Å². The molecule has 1 aromatic carbocycles. The quantitative estimate of drug-likeness (QED) is 0.488. The third-order valence-electron chi connectivity index (χ3n) is 2.87. The average Bonchev–Trinajstić information content (AvgIpc) is 2.96. The number of nitrogens with one attached hydrogen (secondary N) is 1. The van der Waals surface area contributed by atoms with Gasteiger partial charge in [0, 0.05) is 24.0 Å². The van der Waals surface area contributed by atoms with E-state index in [0.717, 1.165) is 5.69 Å². The Morgan fingerprint density at radius 1 is 1.45 bits per heavy atom. The number of halogens is 2. The van der Waals surface area contributed by atoms with Gasteiger partial charge < -0.3 is 9.30 Å². The maximum absolute atomic E-state index is 13.0. The fraction of sp³-hybridized carbons (Fsp3) is 0.133. The summed E-state index contributed by atoms with van der Waals surface area (Å²) in [4.78, 5) is 11.0. The summed E-state index contributed by atoms with van der Waals surface area (Å²) in [6, 6.07) is 7.80. The Labute approximate surface area is 131 Å². The van der Waals surface area contributed by atoms with Crippen molar-refractivity contribution in [1.82, 2.24) is 10.0 Å². The summed E-state index contributed by atoms with van der Waals surface area (Å²) in [7, 11) is 0. The molecule has 0 bridgehead atoms. The van der Waals surface area contributed by atoms with E-state index in [0.29, 0.717) is 18.9 Å². The van der Waals surface area contributed by atoms with E-state index in [1.165, 1.54) is 29.8 Å². The summed E-state index contributed by atoms with van der Waals surface area (Å²) in [5.41, 5.74) is 2.30. The Bertz CT molecular complexity index is 685. The van der Waals surface area contributed by atoms with Crippen LogP contribution in [0.1, 0.15) is 5.69 Å². The maximum Gasteiger partial charge on any atom is 0.267 e. The van der Waals surface area contributed by atoms with Gasteiger partial charge in [-0.15, -0.1) is 0 Å². The number of ether oxygens (including phenoxy) is 1. The highest BCUT2D eigenvalue weighted by molar-refractivity contribution is 6.30. The van der Waals surface area contributed by atoms with Crippen molar-refractivity contribution >= 4 is 23.6 Å². The molecule has 1 heterocycles. The molecule has 2 rings (SSSR count). The molecular weight excluding hydrogens is 311 g/mol. The third-order valence-corrected chi connectivity index (χ3v) is 3.16. The molecule has 0 saturated carbocycles. The van der Waals surface area contributed by atoms with E-state index in [2.05, 4.69) is 0 Å². The topological polar surface area (TPSA) is 63.5 Å². The van der Waals surface area contributed by atoms with Gasteiger partial charge in [0.1, 0.15) is 18.2 Å². The normalized spacial score (nSPS) is 10.9. The largest absolute Gasteiger partial charge is 0.492 e. The van der Waals surface area contributed by atoms with Gasteiger partial charge in [0.05, 0.1) is 11.6 Å². The van der Waals surface area contributed by atoms with Crippen LogP contribution in [0.3, 0.4) is 0 Å². The van der Waals surface area contributed by atoms with Crippen molar-refractivity contribution in [3.63, 3.8) is 0 Å². The Hall–Kier alpha value is -2.31. The van der Waals surface area contributed by atoms with Crippen molar-refractivity contribution in [2.45, 2.75) is 6.54 Å². The Kier molecular flexibility index (Phi) is 5.57. The molecule has 116 valence electrons. The zero-order valence-electron chi connectivity index (χ0n) is 11.5. The fourth-order valence-electron chi connectivity index (χ4n) is 1.81. The molecule has 1 aromatic heterocycles. The monoisotopic (exact) mass is 324 g/mol. The Morgan fingerprint density at radius 3 is 3.00 bits per heavy atom. The molecule has 7 heteroatoms. The SMILES string of the molecule is O=C(C=Cc1cccn1CCOc1ccc(F)c(Cl)c1)NO. The lowest BCUT2D eigenvalue weighted by molar-refractivity contribution is -0.124. The molecule has 0 atom stereocenters.